The van der Waals surface area contributed by atoms with Crippen molar-refractivity contribution in [3.05, 3.63) is 41.4 Å². The molecular formula is C13H13N3O3. The van der Waals surface area contributed by atoms with Gasteiger partial charge in [0.05, 0.1) is 7.11 Å². The van der Waals surface area contributed by atoms with Gasteiger partial charge in [0.15, 0.2) is 5.70 Å². The molecule has 0 saturated heterocycles. The lowest BCUT2D eigenvalue weighted by Crippen LogP contribution is -2.03. The number of benzene rings is 1. The molecule has 0 saturated carbocycles. The summed E-state index contributed by atoms with van der Waals surface area (Å²) in [4.78, 5) is 14.7. The number of carbonyl (C=O) groups is 1. The van der Waals surface area contributed by atoms with Crippen LogP contribution in [0.5, 0.6) is 5.75 Å². The fraction of sp³-hybridized carbons (Fsp3) is 0.154. The Morgan fingerprint density at radius 3 is 2.53 bits per heavy atom. The monoisotopic (exact) mass is 259 g/mol. The Morgan fingerprint density at radius 2 is 2.05 bits per heavy atom. The van der Waals surface area contributed by atoms with Crippen LogP contribution in [0.2, 0.25) is 0 Å². The molecule has 2 N–H and O–H groups in total. The highest BCUT2D eigenvalue weighted by Crippen LogP contribution is 2.11. The number of nitriles is 1. The Kier molecular flexibility index (Phi) is 5.11. The van der Waals surface area contributed by atoms with Crippen molar-refractivity contribution in [2.45, 2.75) is 6.92 Å². The van der Waals surface area contributed by atoms with E-state index in [4.69, 9.17) is 20.5 Å². The van der Waals surface area contributed by atoms with Gasteiger partial charge in [0.25, 0.3) is 0 Å². The maximum absolute atomic E-state index is 10.7. The average molecular weight is 259 g/mol. The normalized spacial score (nSPS) is 11.6. The Hall–Kier alpha value is -2.81. The molecule has 98 valence electrons. The summed E-state index contributed by atoms with van der Waals surface area (Å²) in [6.45, 7) is 1.33. The maximum Gasteiger partial charge on any atom is 0.308 e. The zero-order chi connectivity index (χ0) is 14.3. The minimum absolute atomic E-state index is 0.00781. The summed E-state index contributed by atoms with van der Waals surface area (Å²) in [7, 11) is 1.36. The van der Waals surface area contributed by atoms with E-state index in [1.807, 2.05) is 6.07 Å². The molecule has 0 aliphatic carbocycles. The highest BCUT2D eigenvalue weighted by Gasteiger charge is 2.00. The van der Waals surface area contributed by atoms with Crippen molar-refractivity contribution >= 4 is 12.2 Å². The molecular weight excluding hydrogens is 246 g/mol. The number of esters is 1. The van der Waals surface area contributed by atoms with Crippen LogP contribution >= 0.6 is 0 Å². The molecule has 0 aromatic heterocycles. The van der Waals surface area contributed by atoms with Crippen molar-refractivity contribution in [1.29, 1.82) is 5.26 Å². The highest BCUT2D eigenvalue weighted by molar-refractivity contribution is 5.81. The molecule has 0 aliphatic heterocycles. The molecule has 1 aromatic rings. The Morgan fingerprint density at radius 1 is 1.42 bits per heavy atom. The first-order valence-corrected chi connectivity index (χ1v) is 5.33. The van der Waals surface area contributed by atoms with E-state index in [-0.39, 0.29) is 17.5 Å². The van der Waals surface area contributed by atoms with Gasteiger partial charge < -0.3 is 15.2 Å². The third-order valence-corrected chi connectivity index (χ3v) is 2.04. The zero-order valence-electron chi connectivity index (χ0n) is 10.6. The van der Waals surface area contributed by atoms with Gasteiger partial charge in [0.2, 0.25) is 5.88 Å². The number of nitrogens with zero attached hydrogens (tertiary/aromatic N) is 2. The minimum atomic E-state index is -0.385. The number of rotatable bonds is 4. The Bertz CT molecular complexity index is 553. The van der Waals surface area contributed by atoms with Crippen molar-refractivity contribution in [2.24, 2.45) is 10.7 Å². The Labute approximate surface area is 110 Å². The lowest BCUT2D eigenvalue weighted by atomic mass is 10.2. The molecule has 0 atom stereocenters. The van der Waals surface area contributed by atoms with Crippen LogP contribution in [0, 0.1) is 11.3 Å². The molecule has 0 aliphatic rings. The van der Waals surface area contributed by atoms with Crippen molar-refractivity contribution in [2.75, 3.05) is 7.11 Å². The largest absolute Gasteiger partial charge is 0.481 e. The topological polar surface area (TPSA) is 97.7 Å². The van der Waals surface area contributed by atoms with Crippen LogP contribution in [-0.4, -0.2) is 19.3 Å². The molecule has 0 bridgehead atoms. The fourth-order valence-electron chi connectivity index (χ4n) is 1.17. The maximum atomic E-state index is 10.7. The molecule has 1 aromatic carbocycles. The van der Waals surface area contributed by atoms with Crippen molar-refractivity contribution in [3.63, 3.8) is 0 Å². The number of nitrogens with two attached hydrogens (primary N) is 1. The standard InChI is InChI=1S/C13H13N3O3/c1-9(17)19-11-5-3-10(4-6-11)8-16-12(7-14)13(15)18-2/h3-6,8H,15H2,1-2H3/b13-12+,16-8?. The molecule has 0 unspecified atom stereocenters. The first-order valence-electron chi connectivity index (χ1n) is 5.33. The van der Waals surface area contributed by atoms with E-state index < -0.39 is 0 Å². The van der Waals surface area contributed by atoms with Gasteiger partial charge in [-0.2, -0.15) is 5.26 Å². The van der Waals surface area contributed by atoms with Gasteiger partial charge in [-0.1, -0.05) is 0 Å². The molecule has 0 amide bonds. The molecule has 0 heterocycles. The highest BCUT2D eigenvalue weighted by atomic mass is 16.5. The van der Waals surface area contributed by atoms with Gasteiger partial charge in [0, 0.05) is 13.1 Å². The third kappa shape index (κ3) is 4.52. The smallest absolute Gasteiger partial charge is 0.308 e. The third-order valence-electron chi connectivity index (χ3n) is 2.04. The van der Waals surface area contributed by atoms with Crippen LogP contribution in [0.25, 0.3) is 0 Å². The predicted molar refractivity (Wildman–Crippen MR) is 69.2 cm³/mol. The number of allylic oxidation sites excluding steroid dienone is 1. The number of ether oxygens (including phenoxy) is 2. The fourth-order valence-corrected chi connectivity index (χ4v) is 1.17. The van der Waals surface area contributed by atoms with Crippen LogP contribution in [0.3, 0.4) is 0 Å². The summed E-state index contributed by atoms with van der Waals surface area (Å²) in [5.41, 5.74) is 6.16. The van der Waals surface area contributed by atoms with E-state index in [0.29, 0.717) is 5.75 Å². The van der Waals surface area contributed by atoms with Gasteiger partial charge in [-0.15, -0.1) is 0 Å². The van der Waals surface area contributed by atoms with Crippen molar-refractivity contribution < 1.29 is 14.3 Å². The lowest BCUT2D eigenvalue weighted by molar-refractivity contribution is -0.131. The van der Waals surface area contributed by atoms with Crippen LogP contribution < -0.4 is 10.5 Å². The first kappa shape index (κ1) is 14.3. The second kappa shape index (κ2) is 6.81. The molecule has 0 fully saturated rings. The van der Waals surface area contributed by atoms with Gasteiger partial charge in [-0.3, -0.25) is 4.79 Å². The molecule has 6 heteroatoms. The molecule has 6 nitrogen and oxygen atoms in total. The minimum Gasteiger partial charge on any atom is -0.481 e. The van der Waals surface area contributed by atoms with Crippen molar-refractivity contribution in [3.8, 4) is 11.8 Å². The van der Waals surface area contributed by atoms with Gasteiger partial charge in [-0.25, -0.2) is 4.99 Å². The summed E-state index contributed by atoms with van der Waals surface area (Å²) in [6, 6.07) is 8.46. The quantitative estimate of drug-likeness (QED) is 0.289. The Balaban J connectivity index is 2.84. The van der Waals surface area contributed by atoms with E-state index in [1.54, 1.807) is 24.3 Å². The predicted octanol–water partition coefficient (Wildman–Crippen LogP) is 1.33. The summed E-state index contributed by atoms with van der Waals surface area (Å²) >= 11 is 0. The second-order valence-corrected chi connectivity index (χ2v) is 3.45. The van der Waals surface area contributed by atoms with Crippen LogP contribution in [0.4, 0.5) is 0 Å². The first-order chi connectivity index (χ1) is 9.06. The summed E-state index contributed by atoms with van der Waals surface area (Å²) in [5.74, 6) is 0.0105. The number of hydrogen-bond acceptors (Lipinski definition) is 6. The zero-order valence-corrected chi connectivity index (χ0v) is 10.6. The molecule has 1 rings (SSSR count). The summed E-state index contributed by atoms with van der Waals surface area (Å²) < 4.78 is 9.60. The SMILES string of the molecule is CO/C(N)=C(\C#N)N=Cc1ccc(OC(C)=O)cc1. The van der Waals surface area contributed by atoms with Gasteiger partial charge in [-0.05, 0) is 29.8 Å². The number of aliphatic imine (C=N–C) groups is 1. The molecule has 19 heavy (non-hydrogen) atoms. The van der Waals surface area contributed by atoms with Gasteiger partial charge >= 0.3 is 5.97 Å². The number of hydrogen-bond donors (Lipinski definition) is 1. The molecule has 0 spiro atoms. The van der Waals surface area contributed by atoms with Crippen molar-refractivity contribution in [1.82, 2.24) is 0 Å². The van der Waals surface area contributed by atoms with Crippen LogP contribution in [0.1, 0.15) is 12.5 Å². The van der Waals surface area contributed by atoms with E-state index in [2.05, 4.69) is 4.99 Å². The van der Waals surface area contributed by atoms with E-state index in [9.17, 15) is 4.79 Å². The average Bonchev–Trinajstić information content (AvgIpc) is 2.40. The van der Waals surface area contributed by atoms with E-state index in [0.717, 1.165) is 5.56 Å². The number of methoxy groups -OCH3 is 1. The van der Waals surface area contributed by atoms with Gasteiger partial charge in [0.1, 0.15) is 11.8 Å². The number of carbonyl (C=O) groups excluding carboxylic acids is 1. The van der Waals surface area contributed by atoms with Crippen LogP contribution in [0.15, 0.2) is 40.8 Å². The lowest BCUT2D eigenvalue weighted by Gasteiger charge is -2.01. The summed E-state index contributed by atoms with van der Waals surface area (Å²) in [5, 5.41) is 8.81. The van der Waals surface area contributed by atoms with Crippen LogP contribution in [-0.2, 0) is 9.53 Å². The second-order valence-electron chi connectivity index (χ2n) is 3.45. The summed E-state index contributed by atoms with van der Waals surface area (Å²) in [6.07, 6.45) is 1.46. The molecule has 0 radical (unpaired) electrons. The van der Waals surface area contributed by atoms with E-state index >= 15 is 0 Å². The van der Waals surface area contributed by atoms with E-state index in [1.165, 1.54) is 20.2 Å².